The molecule has 314 valence electrons. The van der Waals surface area contributed by atoms with Gasteiger partial charge in [0.2, 0.25) is 5.78 Å². The van der Waals surface area contributed by atoms with Gasteiger partial charge in [0.25, 0.3) is 11.7 Å². The highest BCUT2D eigenvalue weighted by atomic mass is 16.7. The number of aliphatic hydroxyl groups excluding tert-OH is 2. The van der Waals surface area contributed by atoms with Gasteiger partial charge in [0.1, 0.15) is 17.6 Å². The Hall–Kier alpha value is -5.97. The molecule has 1 aromatic carbocycles. The van der Waals surface area contributed by atoms with E-state index < -0.39 is 100 Å². The number of allylic oxidation sites excluding steroid dienone is 4. The molecule has 59 heavy (non-hydrogen) atoms. The van der Waals surface area contributed by atoms with Gasteiger partial charge in [-0.25, -0.2) is 4.79 Å². The quantitative estimate of drug-likeness (QED) is 0.191. The van der Waals surface area contributed by atoms with Crippen molar-refractivity contribution < 1.29 is 63.1 Å². The molecule has 0 saturated heterocycles. The van der Waals surface area contributed by atoms with Crippen molar-refractivity contribution >= 4 is 35.1 Å². The molecule has 4 aliphatic rings. The van der Waals surface area contributed by atoms with Gasteiger partial charge in [-0.15, -0.1) is 0 Å². The Kier molecular flexibility index (Phi) is 13.4. The summed E-state index contributed by atoms with van der Waals surface area (Å²) >= 11 is 0. The van der Waals surface area contributed by atoms with E-state index in [9.17, 15) is 39.3 Å². The summed E-state index contributed by atoms with van der Waals surface area (Å²) in [5, 5.41) is 40.8. The summed E-state index contributed by atoms with van der Waals surface area (Å²) in [6.07, 6.45) is 7.00. The van der Waals surface area contributed by atoms with Crippen molar-refractivity contribution in [3.63, 3.8) is 0 Å². The molecular formula is C43H49N3O13. The molecule has 3 aliphatic heterocycles. The molecule has 9 atom stereocenters. The molecule has 16 nitrogen and oxygen atoms in total. The Morgan fingerprint density at radius 3 is 2.27 bits per heavy atom. The van der Waals surface area contributed by atoms with Gasteiger partial charge >= 0.3 is 11.9 Å². The Balaban J connectivity index is 1.68. The monoisotopic (exact) mass is 815 g/mol. The molecule has 4 N–H and O–H groups in total. The first-order valence-corrected chi connectivity index (χ1v) is 19.0. The second-order valence-corrected chi connectivity index (χ2v) is 15.1. The molecule has 0 radical (unpaired) electrons. The predicted octanol–water partition coefficient (Wildman–Crippen LogP) is 4.40. The summed E-state index contributed by atoms with van der Waals surface area (Å²) in [5.41, 5.74) is -1.34. The Morgan fingerprint density at radius 1 is 0.949 bits per heavy atom. The zero-order chi connectivity index (χ0) is 43.5. The number of aromatic nitrogens is 1. The molecule has 1 aliphatic carbocycles. The standard InChI is InChI=1S/C43H49N3O13/c1-20-11-10-12-21(2)41(53)45-28-19-29(48)31-32(37(28)52)36(51)25(6)39-33(31)40(46-59-42(54)27-13-16-44-17-14-27)43(8,58-39)56-18-15-30(55-9)22(3)38(57-26(7)47)24(5)35(50)23(4)34(20)49/h10-20,22-24,30,34-35,38,49-51H,1-9H3,(H,45,53)/t20-,22+,23+,24+,30-,34-,35+,38+,43-/m0/s1. The van der Waals surface area contributed by atoms with E-state index in [1.54, 1.807) is 39.8 Å². The molecule has 0 saturated carbocycles. The fraction of sp³-hybridized carbons (Fsp3) is 0.419. The van der Waals surface area contributed by atoms with E-state index >= 15 is 0 Å². The number of aliphatic hydroxyl groups is 2. The summed E-state index contributed by atoms with van der Waals surface area (Å²) in [4.78, 5) is 76.1. The van der Waals surface area contributed by atoms with Gasteiger partial charge in [-0.3, -0.25) is 24.2 Å². The Labute approximate surface area is 341 Å². The lowest BCUT2D eigenvalue weighted by Gasteiger charge is -2.38. The maximum Gasteiger partial charge on any atom is 0.365 e. The number of nitrogens with one attached hydrogen (secondary N) is 1. The predicted molar refractivity (Wildman–Crippen MR) is 211 cm³/mol. The number of oxime groups is 1. The van der Waals surface area contributed by atoms with Crippen molar-refractivity contribution in [1.82, 2.24) is 10.3 Å². The largest absolute Gasteiger partial charge is 0.507 e. The summed E-state index contributed by atoms with van der Waals surface area (Å²) in [5.74, 6) is -9.21. The average Bonchev–Trinajstić information content (AvgIpc) is 3.50. The van der Waals surface area contributed by atoms with Crippen LogP contribution in [0.4, 0.5) is 0 Å². The number of hydrogen-bond acceptors (Lipinski definition) is 15. The second kappa shape index (κ2) is 17.9. The highest BCUT2D eigenvalue weighted by Gasteiger charge is 2.51. The van der Waals surface area contributed by atoms with Crippen LogP contribution >= 0.6 is 0 Å². The molecule has 0 spiro atoms. The third kappa shape index (κ3) is 8.89. The molecule has 5 bridgehead atoms. The van der Waals surface area contributed by atoms with E-state index in [2.05, 4.69) is 15.5 Å². The lowest BCUT2D eigenvalue weighted by Crippen LogP contribution is -2.46. The Bertz CT molecular complexity index is 2180. The summed E-state index contributed by atoms with van der Waals surface area (Å²) < 4.78 is 24.0. The molecule has 0 fully saturated rings. The first kappa shape index (κ1) is 44.1. The minimum Gasteiger partial charge on any atom is -0.507 e. The summed E-state index contributed by atoms with van der Waals surface area (Å²) in [6.45, 7) is 12.4. The molecular weight excluding hydrogens is 766 g/mol. The van der Waals surface area contributed by atoms with Crippen molar-refractivity contribution in [3.8, 4) is 11.5 Å². The number of rotatable bonds is 4. The number of nitrogens with zero attached hydrogens (tertiary/aromatic N) is 2. The topological polar surface area (TPSA) is 229 Å². The highest BCUT2D eigenvalue weighted by molar-refractivity contribution is 6.31. The zero-order valence-electron chi connectivity index (χ0n) is 34.2. The van der Waals surface area contributed by atoms with Crippen LogP contribution in [0.15, 0.2) is 77.6 Å². The molecule has 1 aromatic heterocycles. The number of benzene rings is 1. The first-order valence-electron chi connectivity index (χ1n) is 19.0. The third-order valence-corrected chi connectivity index (χ3v) is 11.0. The number of carbonyl (C=O) groups excluding carboxylic acids is 5. The van der Waals surface area contributed by atoms with E-state index in [1.165, 1.54) is 77.7 Å². The van der Waals surface area contributed by atoms with Gasteiger partial charge in [0, 0.05) is 74.2 Å². The Morgan fingerprint density at radius 2 is 1.63 bits per heavy atom. The number of Topliss-reactive ketones (excluding diaryl/α,β-unsaturated/α-hetero) is 1. The van der Waals surface area contributed by atoms with Crippen LogP contribution in [0, 0.1) is 30.6 Å². The number of phenolic OH excluding ortho intramolecular Hbond substituents is 1. The average molecular weight is 816 g/mol. The van der Waals surface area contributed by atoms with Gasteiger partial charge in [0.05, 0.1) is 52.5 Å². The number of phenols is 1. The fourth-order valence-corrected chi connectivity index (χ4v) is 7.39. The van der Waals surface area contributed by atoms with Gasteiger partial charge < -0.3 is 44.4 Å². The van der Waals surface area contributed by atoms with Crippen LogP contribution in [0.25, 0.3) is 0 Å². The SMILES string of the molecule is CO[C@H]1C=CO[C@@]2(C)Oc3c(C)c(O)c4c(c3C2=NOC(=O)c2ccncc2)C(=O)C=C(NC(=O)C(C)=CC=C[C@H](C)[C@H](O)[C@@H](C)[C@@H](O)[C@@H](C)[C@H](OC(C)=O)[C@@H]1C)C4=O. The van der Waals surface area contributed by atoms with Crippen molar-refractivity contribution in [2.75, 3.05) is 7.11 Å². The van der Waals surface area contributed by atoms with Gasteiger partial charge in [0.15, 0.2) is 11.5 Å². The molecule has 6 rings (SSSR count). The zero-order valence-corrected chi connectivity index (χ0v) is 34.2. The number of aromatic hydroxyl groups is 1. The summed E-state index contributed by atoms with van der Waals surface area (Å²) in [6, 6.07) is 2.79. The maximum atomic E-state index is 14.0. The van der Waals surface area contributed by atoms with E-state index in [-0.39, 0.29) is 39.3 Å². The van der Waals surface area contributed by atoms with E-state index in [1.807, 2.05) is 0 Å². The smallest absolute Gasteiger partial charge is 0.365 e. The van der Waals surface area contributed by atoms with Crippen LogP contribution in [-0.2, 0) is 28.6 Å². The first-order chi connectivity index (χ1) is 27.8. The highest BCUT2D eigenvalue weighted by Crippen LogP contribution is 2.48. The van der Waals surface area contributed by atoms with Crippen molar-refractivity contribution in [2.24, 2.45) is 28.8 Å². The van der Waals surface area contributed by atoms with E-state index in [4.69, 9.17) is 23.8 Å². The maximum absolute atomic E-state index is 14.0. The van der Waals surface area contributed by atoms with Crippen LogP contribution < -0.4 is 10.1 Å². The molecule has 1 amide bonds. The molecule has 0 unspecified atom stereocenters. The molecule has 4 heterocycles. The number of esters is 1. The second-order valence-electron chi connectivity index (χ2n) is 15.1. The van der Waals surface area contributed by atoms with Crippen LogP contribution in [0.5, 0.6) is 11.5 Å². The molecule has 2 aromatic rings. The number of ether oxygens (including phenoxy) is 4. The number of amides is 1. The van der Waals surface area contributed by atoms with Gasteiger partial charge in [-0.05, 0) is 32.1 Å². The number of pyridine rings is 1. The van der Waals surface area contributed by atoms with Crippen LogP contribution in [-0.4, -0.2) is 92.7 Å². The normalized spacial score (nSPS) is 29.5. The van der Waals surface area contributed by atoms with E-state index in [0.29, 0.717) is 0 Å². The minimum atomic E-state index is -1.99. The number of hydrogen-bond donors (Lipinski definition) is 4. The lowest BCUT2D eigenvalue weighted by molar-refractivity contribution is -0.160. The fourth-order valence-electron chi connectivity index (χ4n) is 7.39. The number of carbonyl (C=O) groups is 5. The van der Waals surface area contributed by atoms with Crippen molar-refractivity contribution in [3.05, 3.63) is 100 Å². The number of ketones is 2. The van der Waals surface area contributed by atoms with Gasteiger partial charge in [-0.2, -0.15) is 0 Å². The third-order valence-electron chi connectivity index (χ3n) is 11.0. The van der Waals surface area contributed by atoms with Crippen LogP contribution in [0.2, 0.25) is 0 Å². The van der Waals surface area contributed by atoms with Gasteiger partial charge in [-0.1, -0.05) is 51.1 Å². The molecule has 16 heteroatoms. The minimum absolute atomic E-state index is 0.00868. The van der Waals surface area contributed by atoms with Crippen LogP contribution in [0.3, 0.4) is 0 Å². The number of fused-ring (bicyclic) bond motifs is 14. The van der Waals surface area contributed by atoms with Crippen LogP contribution in [0.1, 0.15) is 90.7 Å². The number of methoxy groups -OCH3 is 1. The lowest BCUT2D eigenvalue weighted by atomic mass is 9.78. The van der Waals surface area contributed by atoms with Crippen molar-refractivity contribution in [1.29, 1.82) is 0 Å². The van der Waals surface area contributed by atoms with E-state index in [0.717, 1.165) is 6.08 Å². The summed E-state index contributed by atoms with van der Waals surface area (Å²) in [7, 11) is 1.42. The van der Waals surface area contributed by atoms with Crippen molar-refractivity contribution in [2.45, 2.75) is 85.6 Å².